The summed E-state index contributed by atoms with van der Waals surface area (Å²) in [6.45, 7) is 7.37. The van der Waals surface area contributed by atoms with Crippen LogP contribution in [0.2, 0.25) is 0 Å². The Morgan fingerprint density at radius 2 is 1.96 bits per heavy atom. The lowest BCUT2D eigenvalue weighted by molar-refractivity contribution is -0.125. The first-order valence-corrected chi connectivity index (χ1v) is 7.84. The van der Waals surface area contributed by atoms with E-state index in [0.717, 1.165) is 24.3 Å². The Labute approximate surface area is 161 Å². The molecule has 1 amide bonds. The van der Waals surface area contributed by atoms with Crippen LogP contribution >= 0.6 is 24.0 Å². The number of nitrogens with two attached hydrogens (primary N) is 1. The molecule has 0 aliphatic carbocycles. The van der Waals surface area contributed by atoms with Crippen LogP contribution in [0.3, 0.4) is 0 Å². The van der Waals surface area contributed by atoms with Crippen molar-refractivity contribution < 1.29 is 9.53 Å². The topological polar surface area (TPSA) is 88.7 Å². The molecule has 0 spiro atoms. The third-order valence-corrected chi connectivity index (χ3v) is 3.52. The summed E-state index contributed by atoms with van der Waals surface area (Å²) in [4.78, 5) is 15.8. The van der Waals surface area contributed by atoms with Crippen molar-refractivity contribution in [3.05, 3.63) is 29.8 Å². The number of methoxy groups -OCH3 is 1. The van der Waals surface area contributed by atoms with Crippen molar-refractivity contribution in [2.24, 2.45) is 16.1 Å². The van der Waals surface area contributed by atoms with Crippen LogP contribution in [0.1, 0.15) is 26.3 Å². The molecule has 0 aliphatic rings. The van der Waals surface area contributed by atoms with Gasteiger partial charge in [-0.3, -0.25) is 9.79 Å². The number of benzene rings is 1. The number of hydrogen-bond donors (Lipinski definition) is 3. The van der Waals surface area contributed by atoms with Crippen LogP contribution in [-0.4, -0.2) is 38.6 Å². The number of rotatable bonds is 8. The van der Waals surface area contributed by atoms with E-state index >= 15 is 0 Å². The van der Waals surface area contributed by atoms with E-state index in [1.807, 2.05) is 31.2 Å². The van der Waals surface area contributed by atoms with Crippen molar-refractivity contribution in [1.29, 1.82) is 0 Å². The molecule has 1 rings (SSSR count). The molecule has 1 aromatic carbocycles. The van der Waals surface area contributed by atoms with Gasteiger partial charge in [-0.2, -0.15) is 0 Å². The van der Waals surface area contributed by atoms with Crippen LogP contribution in [-0.2, 0) is 11.2 Å². The van der Waals surface area contributed by atoms with E-state index in [-0.39, 0.29) is 29.9 Å². The standard InChI is InChI=1S/C17H28N4O2.HI/c1-5-19-16(21-12-17(2,3)15(18)22)20-11-10-13-8-6-7-9-14(13)23-4;/h6-9H,5,10-12H2,1-4H3,(H2,18,22)(H2,19,20,21);1H. The Kier molecular flexibility index (Phi) is 10.4. The van der Waals surface area contributed by atoms with Crippen molar-refractivity contribution in [1.82, 2.24) is 10.6 Å². The number of carbonyl (C=O) groups is 1. The van der Waals surface area contributed by atoms with Crippen LogP contribution in [0, 0.1) is 5.41 Å². The molecule has 24 heavy (non-hydrogen) atoms. The summed E-state index contributed by atoms with van der Waals surface area (Å²) in [6.07, 6.45) is 0.813. The van der Waals surface area contributed by atoms with Crippen LogP contribution in [0.4, 0.5) is 0 Å². The number of guanidine groups is 1. The Balaban J connectivity index is 0.00000529. The van der Waals surface area contributed by atoms with Gasteiger partial charge in [0.15, 0.2) is 5.96 Å². The Morgan fingerprint density at radius 1 is 1.29 bits per heavy atom. The Morgan fingerprint density at radius 3 is 2.54 bits per heavy atom. The largest absolute Gasteiger partial charge is 0.496 e. The lowest BCUT2D eigenvalue weighted by atomic mass is 9.93. The van der Waals surface area contributed by atoms with E-state index in [4.69, 9.17) is 10.5 Å². The van der Waals surface area contributed by atoms with Crippen LogP contribution in [0.15, 0.2) is 29.3 Å². The maximum atomic E-state index is 11.4. The molecule has 0 saturated carbocycles. The third kappa shape index (κ3) is 7.37. The minimum absolute atomic E-state index is 0. The smallest absolute Gasteiger partial charge is 0.224 e. The van der Waals surface area contributed by atoms with E-state index in [1.165, 1.54) is 0 Å². The second kappa shape index (κ2) is 11.1. The van der Waals surface area contributed by atoms with Gasteiger partial charge in [0, 0.05) is 13.1 Å². The van der Waals surface area contributed by atoms with E-state index in [2.05, 4.69) is 15.6 Å². The van der Waals surface area contributed by atoms with Crippen molar-refractivity contribution in [2.75, 3.05) is 26.7 Å². The number of para-hydroxylation sites is 1. The fourth-order valence-electron chi connectivity index (χ4n) is 1.92. The summed E-state index contributed by atoms with van der Waals surface area (Å²) in [5, 5.41) is 6.43. The maximum Gasteiger partial charge on any atom is 0.224 e. The molecule has 0 fully saturated rings. The van der Waals surface area contributed by atoms with Crippen LogP contribution in [0.25, 0.3) is 0 Å². The summed E-state index contributed by atoms with van der Waals surface area (Å²) < 4.78 is 5.34. The lowest BCUT2D eigenvalue weighted by Crippen LogP contribution is -2.40. The second-order valence-electron chi connectivity index (χ2n) is 5.93. The number of ether oxygens (including phenoxy) is 1. The number of amides is 1. The molecule has 0 atom stereocenters. The zero-order valence-electron chi connectivity index (χ0n) is 14.9. The quantitative estimate of drug-likeness (QED) is 0.322. The third-order valence-electron chi connectivity index (χ3n) is 3.52. The summed E-state index contributed by atoms with van der Waals surface area (Å²) in [7, 11) is 1.67. The number of halogens is 1. The summed E-state index contributed by atoms with van der Waals surface area (Å²) >= 11 is 0. The highest BCUT2D eigenvalue weighted by molar-refractivity contribution is 14.0. The van der Waals surface area contributed by atoms with Gasteiger partial charge in [0.2, 0.25) is 5.91 Å². The molecule has 1 aromatic rings. The first-order valence-electron chi connectivity index (χ1n) is 7.84. The van der Waals surface area contributed by atoms with E-state index in [0.29, 0.717) is 19.0 Å². The Bertz CT molecular complexity index is 547. The van der Waals surface area contributed by atoms with E-state index < -0.39 is 5.41 Å². The van der Waals surface area contributed by atoms with Crippen LogP contribution in [0.5, 0.6) is 5.75 Å². The molecule has 6 nitrogen and oxygen atoms in total. The van der Waals surface area contributed by atoms with E-state index in [9.17, 15) is 4.79 Å². The monoisotopic (exact) mass is 448 g/mol. The van der Waals surface area contributed by atoms with Gasteiger partial charge in [-0.25, -0.2) is 0 Å². The number of aliphatic imine (C=N–C) groups is 1. The molecule has 0 saturated heterocycles. The number of hydrogen-bond acceptors (Lipinski definition) is 3. The highest BCUT2D eigenvalue weighted by atomic mass is 127. The summed E-state index contributed by atoms with van der Waals surface area (Å²) in [5.41, 5.74) is 5.85. The molecule has 0 aromatic heterocycles. The number of primary amides is 1. The lowest BCUT2D eigenvalue weighted by Gasteiger charge is -2.19. The van der Waals surface area contributed by atoms with Gasteiger partial charge in [0.25, 0.3) is 0 Å². The molecular weight excluding hydrogens is 419 g/mol. The van der Waals surface area contributed by atoms with Gasteiger partial charge < -0.3 is 21.1 Å². The maximum absolute atomic E-state index is 11.4. The highest BCUT2D eigenvalue weighted by Gasteiger charge is 2.24. The Hall–Kier alpha value is -1.51. The molecule has 136 valence electrons. The van der Waals surface area contributed by atoms with Crippen molar-refractivity contribution >= 4 is 35.8 Å². The fraction of sp³-hybridized carbons (Fsp3) is 0.529. The molecule has 0 bridgehead atoms. The molecule has 0 radical (unpaired) electrons. The predicted molar refractivity (Wildman–Crippen MR) is 109 cm³/mol. The highest BCUT2D eigenvalue weighted by Crippen LogP contribution is 2.17. The van der Waals surface area contributed by atoms with E-state index in [1.54, 1.807) is 21.0 Å². The molecular formula is C17H29IN4O2. The minimum atomic E-state index is -0.662. The SMILES string of the molecule is CCNC(=NCC(C)(C)C(N)=O)NCCc1ccccc1OC.I. The molecule has 0 unspecified atom stereocenters. The van der Waals surface area contributed by atoms with Crippen molar-refractivity contribution in [3.8, 4) is 5.75 Å². The number of nitrogens with one attached hydrogen (secondary N) is 2. The number of carbonyl (C=O) groups excluding carboxylic acids is 1. The fourth-order valence-corrected chi connectivity index (χ4v) is 1.92. The summed E-state index contributed by atoms with van der Waals surface area (Å²) in [6, 6.07) is 7.94. The van der Waals surface area contributed by atoms with Gasteiger partial charge in [0.1, 0.15) is 5.75 Å². The van der Waals surface area contributed by atoms with Gasteiger partial charge in [0.05, 0.1) is 19.1 Å². The summed E-state index contributed by atoms with van der Waals surface area (Å²) in [5.74, 6) is 1.20. The molecule has 4 N–H and O–H groups in total. The van der Waals surface area contributed by atoms with Gasteiger partial charge in [-0.1, -0.05) is 18.2 Å². The van der Waals surface area contributed by atoms with Gasteiger partial charge in [-0.05, 0) is 38.8 Å². The zero-order valence-corrected chi connectivity index (χ0v) is 17.2. The van der Waals surface area contributed by atoms with Crippen LogP contribution < -0.4 is 21.1 Å². The first-order chi connectivity index (χ1) is 10.9. The minimum Gasteiger partial charge on any atom is -0.496 e. The zero-order chi connectivity index (χ0) is 17.3. The van der Waals surface area contributed by atoms with Crippen molar-refractivity contribution in [3.63, 3.8) is 0 Å². The average Bonchev–Trinajstić information content (AvgIpc) is 2.53. The average molecular weight is 448 g/mol. The molecule has 7 heteroatoms. The molecule has 0 heterocycles. The number of nitrogens with zero attached hydrogens (tertiary/aromatic N) is 1. The molecule has 0 aliphatic heterocycles. The van der Waals surface area contributed by atoms with Gasteiger partial charge >= 0.3 is 0 Å². The van der Waals surface area contributed by atoms with Crippen molar-refractivity contribution in [2.45, 2.75) is 27.2 Å². The second-order valence-corrected chi connectivity index (χ2v) is 5.93. The first kappa shape index (κ1) is 22.5. The van der Waals surface area contributed by atoms with Gasteiger partial charge in [-0.15, -0.1) is 24.0 Å². The predicted octanol–water partition coefficient (Wildman–Crippen LogP) is 1.92. The normalized spacial score (nSPS) is 11.4.